The van der Waals surface area contributed by atoms with Crippen LogP contribution in [0.3, 0.4) is 0 Å². The van der Waals surface area contributed by atoms with E-state index in [0.717, 1.165) is 17.5 Å². The van der Waals surface area contributed by atoms with Gasteiger partial charge in [-0.3, -0.25) is 0 Å². The highest BCUT2D eigenvalue weighted by atomic mass is 19.1. The van der Waals surface area contributed by atoms with Crippen molar-refractivity contribution in [2.24, 2.45) is 0 Å². The minimum atomic E-state index is -0.365. The van der Waals surface area contributed by atoms with Crippen molar-refractivity contribution in [3.8, 4) is 11.5 Å². The summed E-state index contributed by atoms with van der Waals surface area (Å²) in [5.41, 5.74) is 2.51. The number of hydrogen-bond donors (Lipinski definition) is 1. The Morgan fingerprint density at radius 3 is 2.71 bits per heavy atom. The Morgan fingerprint density at radius 1 is 1.24 bits per heavy atom. The molecule has 0 atom stereocenters. The van der Waals surface area contributed by atoms with Crippen molar-refractivity contribution >= 4 is 0 Å². The third-order valence-corrected chi connectivity index (χ3v) is 2.38. The molecule has 2 aromatic heterocycles. The zero-order chi connectivity index (χ0) is 12.3. The molecule has 0 saturated heterocycles. The second kappa shape index (κ2) is 4.97. The van der Waals surface area contributed by atoms with E-state index in [0.29, 0.717) is 18.1 Å². The predicted octanol–water partition coefficient (Wildman–Crippen LogP) is 1.71. The minimum Gasteiger partial charge on any atom is -0.314 e. The number of aryl methyl sites for hydroxylation is 1. The van der Waals surface area contributed by atoms with Crippen molar-refractivity contribution in [3.63, 3.8) is 0 Å². The summed E-state index contributed by atoms with van der Waals surface area (Å²) in [6.07, 6.45) is 2.91. The summed E-state index contributed by atoms with van der Waals surface area (Å²) in [4.78, 5) is 12.6. The molecular formula is C12H13FN4. The number of nitrogens with one attached hydrogen (secondary N) is 1. The largest absolute Gasteiger partial charge is 0.314 e. The molecule has 0 spiro atoms. The third-order valence-electron chi connectivity index (χ3n) is 2.38. The molecular weight excluding hydrogens is 219 g/mol. The molecule has 4 nitrogen and oxygen atoms in total. The molecule has 0 radical (unpaired) electrons. The molecule has 0 bridgehead atoms. The molecule has 0 unspecified atom stereocenters. The topological polar surface area (TPSA) is 50.7 Å². The highest BCUT2D eigenvalue weighted by molar-refractivity contribution is 5.48. The average molecular weight is 232 g/mol. The zero-order valence-electron chi connectivity index (χ0n) is 9.74. The summed E-state index contributed by atoms with van der Waals surface area (Å²) < 4.78 is 12.8. The number of halogens is 1. The van der Waals surface area contributed by atoms with E-state index in [-0.39, 0.29) is 5.82 Å². The highest BCUT2D eigenvalue weighted by Crippen LogP contribution is 2.13. The van der Waals surface area contributed by atoms with Gasteiger partial charge in [0.1, 0.15) is 11.5 Å². The predicted molar refractivity (Wildman–Crippen MR) is 62.7 cm³/mol. The lowest BCUT2D eigenvalue weighted by Gasteiger charge is -2.06. The molecule has 1 N–H and O–H groups in total. The van der Waals surface area contributed by atoms with Crippen LogP contribution >= 0.6 is 0 Å². The van der Waals surface area contributed by atoms with E-state index in [2.05, 4.69) is 20.3 Å². The fourth-order valence-electron chi connectivity index (χ4n) is 1.46. The van der Waals surface area contributed by atoms with Gasteiger partial charge in [-0.25, -0.2) is 19.3 Å². The van der Waals surface area contributed by atoms with Gasteiger partial charge in [0, 0.05) is 12.7 Å². The first-order valence-electron chi connectivity index (χ1n) is 5.29. The Balaban J connectivity index is 2.39. The number of pyridine rings is 1. The monoisotopic (exact) mass is 232 g/mol. The van der Waals surface area contributed by atoms with Gasteiger partial charge in [-0.2, -0.15) is 0 Å². The van der Waals surface area contributed by atoms with Crippen molar-refractivity contribution in [3.05, 3.63) is 41.6 Å². The molecule has 0 aliphatic rings. The Labute approximate surface area is 99.0 Å². The van der Waals surface area contributed by atoms with Crippen LogP contribution in [0.2, 0.25) is 0 Å². The molecule has 0 saturated carbocycles. The van der Waals surface area contributed by atoms with Gasteiger partial charge < -0.3 is 5.32 Å². The van der Waals surface area contributed by atoms with E-state index < -0.39 is 0 Å². The maximum absolute atomic E-state index is 12.8. The molecule has 0 fully saturated rings. The lowest BCUT2D eigenvalue weighted by atomic mass is 10.2. The molecule has 0 aromatic carbocycles. The average Bonchev–Trinajstić information content (AvgIpc) is 2.33. The number of aromatic nitrogens is 3. The lowest BCUT2D eigenvalue weighted by molar-refractivity contribution is 0.621. The number of nitrogens with zero attached hydrogens (tertiary/aromatic N) is 3. The second-order valence-electron chi connectivity index (χ2n) is 3.72. The van der Waals surface area contributed by atoms with Gasteiger partial charge in [-0.15, -0.1) is 0 Å². The quantitative estimate of drug-likeness (QED) is 0.875. The van der Waals surface area contributed by atoms with Gasteiger partial charge >= 0.3 is 0 Å². The molecule has 0 amide bonds. The van der Waals surface area contributed by atoms with E-state index >= 15 is 0 Å². The van der Waals surface area contributed by atoms with Crippen LogP contribution in [-0.2, 0) is 6.54 Å². The first kappa shape index (κ1) is 11.6. The highest BCUT2D eigenvalue weighted by Gasteiger charge is 2.06. The van der Waals surface area contributed by atoms with Crippen molar-refractivity contribution in [2.45, 2.75) is 13.5 Å². The SMILES string of the molecule is CNCc1nc(-c2ccc(F)cn2)ncc1C. The van der Waals surface area contributed by atoms with Crippen molar-refractivity contribution in [1.82, 2.24) is 20.3 Å². The summed E-state index contributed by atoms with van der Waals surface area (Å²) in [6.45, 7) is 2.62. The maximum atomic E-state index is 12.8. The standard InChI is InChI=1S/C12H13FN4/c1-8-5-16-12(17-11(8)7-14-2)10-4-3-9(13)6-15-10/h3-6,14H,7H2,1-2H3. The third kappa shape index (κ3) is 2.62. The van der Waals surface area contributed by atoms with Gasteiger partial charge in [0.2, 0.25) is 0 Å². The lowest BCUT2D eigenvalue weighted by Crippen LogP contribution is -2.10. The molecule has 2 heterocycles. The van der Waals surface area contributed by atoms with Crippen LogP contribution in [0.1, 0.15) is 11.3 Å². The van der Waals surface area contributed by atoms with E-state index in [4.69, 9.17) is 0 Å². The Bertz CT molecular complexity index is 510. The van der Waals surface area contributed by atoms with Crippen LogP contribution in [-0.4, -0.2) is 22.0 Å². The molecule has 88 valence electrons. The van der Waals surface area contributed by atoms with E-state index in [1.54, 1.807) is 12.3 Å². The molecule has 2 aromatic rings. The normalized spacial score (nSPS) is 10.5. The van der Waals surface area contributed by atoms with Gasteiger partial charge in [-0.05, 0) is 31.7 Å². The first-order valence-corrected chi connectivity index (χ1v) is 5.29. The fourth-order valence-corrected chi connectivity index (χ4v) is 1.46. The van der Waals surface area contributed by atoms with E-state index in [1.165, 1.54) is 6.07 Å². The van der Waals surface area contributed by atoms with Crippen LogP contribution in [0.5, 0.6) is 0 Å². The molecule has 17 heavy (non-hydrogen) atoms. The van der Waals surface area contributed by atoms with Crippen molar-refractivity contribution < 1.29 is 4.39 Å². The van der Waals surface area contributed by atoms with Gasteiger partial charge in [-0.1, -0.05) is 0 Å². The molecule has 0 aliphatic carbocycles. The molecule has 2 rings (SSSR count). The van der Waals surface area contributed by atoms with Crippen LogP contribution in [0, 0.1) is 12.7 Å². The van der Waals surface area contributed by atoms with Gasteiger partial charge in [0.05, 0.1) is 11.9 Å². The first-order chi connectivity index (χ1) is 8.20. The number of rotatable bonds is 3. The van der Waals surface area contributed by atoms with E-state index in [9.17, 15) is 4.39 Å². The molecule has 5 heteroatoms. The van der Waals surface area contributed by atoms with Crippen LogP contribution in [0.25, 0.3) is 11.5 Å². The number of hydrogen-bond acceptors (Lipinski definition) is 4. The van der Waals surface area contributed by atoms with Crippen LogP contribution < -0.4 is 5.32 Å². The summed E-state index contributed by atoms with van der Waals surface area (Å²) in [6, 6.07) is 2.92. The summed E-state index contributed by atoms with van der Waals surface area (Å²) in [5, 5.41) is 3.04. The smallest absolute Gasteiger partial charge is 0.178 e. The Morgan fingerprint density at radius 2 is 2.06 bits per heavy atom. The van der Waals surface area contributed by atoms with Crippen molar-refractivity contribution in [1.29, 1.82) is 0 Å². The molecule has 0 aliphatic heterocycles. The Kier molecular flexibility index (Phi) is 3.39. The van der Waals surface area contributed by atoms with Gasteiger partial charge in [0.25, 0.3) is 0 Å². The summed E-state index contributed by atoms with van der Waals surface area (Å²) >= 11 is 0. The summed E-state index contributed by atoms with van der Waals surface area (Å²) in [5.74, 6) is 0.150. The second-order valence-corrected chi connectivity index (χ2v) is 3.72. The van der Waals surface area contributed by atoms with Crippen LogP contribution in [0.4, 0.5) is 4.39 Å². The fraction of sp³-hybridized carbons (Fsp3) is 0.250. The van der Waals surface area contributed by atoms with E-state index in [1.807, 2.05) is 14.0 Å². The van der Waals surface area contributed by atoms with Crippen LogP contribution in [0.15, 0.2) is 24.5 Å². The minimum absolute atomic E-state index is 0.365. The maximum Gasteiger partial charge on any atom is 0.178 e. The summed E-state index contributed by atoms with van der Waals surface area (Å²) in [7, 11) is 1.86. The Hall–Kier alpha value is -1.88. The zero-order valence-corrected chi connectivity index (χ0v) is 9.74. The van der Waals surface area contributed by atoms with Crippen molar-refractivity contribution in [2.75, 3.05) is 7.05 Å². The van der Waals surface area contributed by atoms with Gasteiger partial charge in [0.15, 0.2) is 5.82 Å².